The topological polar surface area (TPSA) is 43.4 Å². The molecule has 112 valence electrons. The van der Waals surface area contributed by atoms with Crippen LogP contribution in [-0.4, -0.2) is 14.5 Å². The van der Waals surface area contributed by atoms with E-state index in [-0.39, 0.29) is 11.0 Å². The highest BCUT2D eigenvalue weighted by Gasteiger charge is 2.18. The second-order valence-electron chi connectivity index (χ2n) is 5.16. The minimum absolute atomic E-state index is 0.218. The molecule has 1 unspecified atom stereocenters. The first-order valence-electron chi connectivity index (χ1n) is 7.00. The average Bonchev–Trinajstić information content (AvgIpc) is 2.38. The van der Waals surface area contributed by atoms with E-state index >= 15 is 0 Å². The van der Waals surface area contributed by atoms with Crippen LogP contribution >= 0.6 is 0 Å². The van der Waals surface area contributed by atoms with Crippen molar-refractivity contribution in [3.63, 3.8) is 0 Å². The maximum Gasteiger partial charge on any atom is 0.297 e. The second-order valence-corrected chi connectivity index (χ2v) is 6.73. The number of hydrogen-bond donors (Lipinski definition) is 0. The molecule has 0 spiro atoms. The Balaban J connectivity index is 2.60. The summed E-state index contributed by atoms with van der Waals surface area (Å²) in [4.78, 5) is 0.218. The number of rotatable bonds is 7. The van der Waals surface area contributed by atoms with Gasteiger partial charge >= 0.3 is 0 Å². The van der Waals surface area contributed by atoms with Crippen molar-refractivity contribution in [1.29, 1.82) is 0 Å². The summed E-state index contributed by atoms with van der Waals surface area (Å²) in [5, 5.41) is 0. The summed E-state index contributed by atoms with van der Waals surface area (Å²) >= 11 is 0. The molecule has 0 saturated carbocycles. The van der Waals surface area contributed by atoms with Gasteiger partial charge in [-0.05, 0) is 52.2 Å². The van der Waals surface area contributed by atoms with Gasteiger partial charge in [-0.25, -0.2) is 0 Å². The van der Waals surface area contributed by atoms with E-state index in [1.54, 1.807) is 31.2 Å². The van der Waals surface area contributed by atoms with Crippen LogP contribution in [0.15, 0.2) is 40.8 Å². The summed E-state index contributed by atoms with van der Waals surface area (Å²) in [6, 6.07) is 6.71. The highest BCUT2D eigenvalue weighted by molar-refractivity contribution is 7.86. The van der Waals surface area contributed by atoms with Gasteiger partial charge in [0.2, 0.25) is 0 Å². The maximum absolute atomic E-state index is 12.1. The first-order chi connectivity index (χ1) is 9.35. The van der Waals surface area contributed by atoms with Crippen LogP contribution in [0.25, 0.3) is 0 Å². The molecule has 0 heterocycles. The summed E-state index contributed by atoms with van der Waals surface area (Å²) in [6.07, 6.45) is 4.38. The quantitative estimate of drug-likeness (QED) is 0.559. The van der Waals surface area contributed by atoms with E-state index in [1.807, 2.05) is 6.92 Å². The van der Waals surface area contributed by atoms with Crippen LogP contribution in [0.3, 0.4) is 0 Å². The first-order valence-corrected chi connectivity index (χ1v) is 8.41. The fourth-order valence-corrected chi connectivity index (χ4v) is 2.84. The zero-order chi connectivity index (χ0) is 15.2. The second kappa shape index (κ2) is 7.60. The predicted octanol–water partition coefficient (Wildman–Crippen LogP) is 4.23. The van der Waals surface area contributed by atoms with Gasteiger partial charge in [-0.3, -0.25) is 4.18 Å². The zero-order valence-corrected chi connectivity index (χ0v) is 13.5. The molecule has 0 N–H and O–H groups in total. The highest BCUT2D eigenvalue weighted by Crippen LogP contribution is 2.17. The molecule has 0 aliphatic carbocycles. The van der Waals surface area contributed by atoms with E-state index in [1.165, 1.54) is 5.57 Å². The molecule has 0 aliphatic heterocycles. The van der Waals surface area contributed by atoms with Crippen molar-refractivity contribution in [2.24, 2.45) is 0 Å². The van der Waals surface area contributed by atoms with Crippen LogP contribution in [0.5, 0.6) is 0 Å². The van der Waals surface area contributed by atoms with Crippen molar-refractivity contribution in [3.05, 3.63) is 41.5 Å². The number of benzene rings is 1. The summed E-state index contributed by atoms with van der Waals surface area (Å²) < 4.78 is 29.4. The summed E-state index contributed by atoms with van der Waals surface area (Å²) in [7, 11) is -3.65. The predicted molar refractivity (Wildman–Crippen MR) is 82.2 cm³/mol. The molecule has 1 aromatic carbocycles. The van der Waals surface area contributed by atoms with Gasteiger partial charge in [0.05, 0.1) is 11.0 Å². The van der Waals surface area contributed by atoms with Crippen molar-refractivity contribution in [1.82, 2.24) is 0 Å². The van der Waals surface area contributed by atoms with Gasteiger partial charge in [-0.15, -0.1) is 0 Å². The molecule has 0 fully saturated rings. The Morgan fingerprint density at radius 1 is 1.30 bits per heavy atom. The standard InChI is InChI=1S/C16H24O3S/c1-5-13(2)7-6-8-15(4)19-20(17,18)16-11-9-14(3)10-12-16/h7,9-12,15H,5-6,8H2,1-4H3. The molecule has 0 aliphatic rings. The van der Waals surface area contributed by atoms with E-state index < -0.39 is 10.1 Å². The largest absolute Gasteiger partial charge is 0.297 e. The van der Waals surface area contributed by atoms with Crippen molar-refractivity contribution >= 4 is 10.1 Å². The fourth-order valence-electron chi connectivity index (χ4n) is 1.73. The van der Waals surface area contributed by atoms with Crippen molar-refractivity contribution in [2.45, 2.75) is 58.0 Å². The smallest absolute Gasteiger partial charge is 0.263 e. The molecule has 3 nitrogen and oxygen atoms in total. The zero-order valence-electron chi connectivity index (χ0n) is 12.7. The van der Waals surface area contributed by atoms with Crippen molar-refractivity contribution in [2.75, 3.05) is 0 Å². The lowest BCUT2D eigenvalue weighted by Crippen LogP contribution is -2.15. The molecule has 1 atom stereocenters. The van der Waals surface area contributed by atoms with Crippen LogP contribution in [0.2, 0.25) is 0 Å². The number of aryl methyl sites for hydroxylation is 1. The Hall–Kier alpha value is -1.13. The number of hydrogen-bond acceptors (Lipinski definition) is 3. The van der Waals surface area contributed by atoms with E-state index in [0.29, 0.717) is 6.42 Å². The molecule has 1 rings (SSSR count). The molecule has 0 radical (unpaired) electrons. The van der Waals surface area contributed by atoms with Crippen LogP contribution in [0, 0.1) is 6.92 Å². The highest BCUT2D eigenvalue weighted by atomic mass is 32.2. The summed E-state index contributed by atoms with van der Waals surface area (Å²) in [5.74, 6) is 0. The minimum Gasteiger partial charge on any atom is -0.263 e. The Labute approximate surface area is 122 Å². The third kappa shape index (κ3) is 5.47. The van der Waals surface area contributed by atoms with Crippen LogP contribution in [0.1, 0.15) is 45.6 Å². The molecule has 0 aromatic heterocycles. The SMILES string of the molecule is CCC(C)=CCCC(C)OS(=O)(=O)c1ccc(C)cc1. The van der Waals surface area contributed by atoms with E-state index in [0.717, 1.165) is 18.4 Å². The Bertz CT molecular complexity index is 542. The normalized spacial score (nSPS) is 14.3. The van der Waals surface area contributed by atoms with Crippen molar-refractivity contribution in [3.8, 4) is 0 Å². The van der Waals surface area contributed by atoms with Gasteiger partial charge < -0.3 is 0 Å². The Morgan fingerprint density at radius 2 is 1.90 bits per heavy atom. The molecule has 0 bridgehead atoms. The fraction of sp³-hybridized carbons (Fsp3) is 0.500. The lowest BCUT2D eigenvalue weighted by Gasteiger charge is -2.12. The molecule has 4 heteroatoms. The molecular formula is C16H24O3S. The van der Waals surface area contributed by atoms with Gasteiger partial charge in [0.25, 0.3) is 10.1 Å². The van der Waals surface area contributed by atoms with E-state index in [9.17, 15) is 8.42 Å². The van der Waals surface area contributed by atoms with Crippen molar-refractivity contribution < 1.29 is 12.6 Å². The Kier molecular flexibility index (Phi) is 6.43. The molecule has 0 saturated heterocycles. The lowest BCUT2D eigenvalue weighted by atomic mass is 10.1. The van der Waals surface area contributed by atoms with Crippen LogP contribution < -0.4 is 0 Å². The van der Waals surface area contributed by atoms with Crippen LogP contribution in [-0.2, 0) is 14.3 Å². The summed E-state index contributed by atoms with van der Waals surface area (Å²) in [6.45, 7) is 7.89. The van der Waals surface area contributed by atoms with E-state index in [2.05, 4.69) is 19.9 Å². The van der Waals surface area contributed by atoms with Crippen LogP contribution in [0.4, 0.5) is 0 Å². The Morgan fingerprint density at radius 3 is 2.45 bits per heavy atom. The summed E-state index contributed by atoms with van der Waals surface area (Å²) in [5.41, 5.74) is 2.34. The third-order valence-corrected chi connectivity index (χ3v) is 4.66. The first kappa shape index (κ1) is 16.9. The van der Waals surface area contributed by atoms with E-state index in [4.69, 9.17) is 4.18 Å². The van der Waals surface area contributed by atoms with Gasteiger partial charge in [0.15, 0.2) is 0 Å². The molecule has 0 amide bonds. The molecular weight excluding hydrogens is 272 g/mol. The minimum atomic E-state index is -3.65. The number of allylic oxidation sites excluding steroid dienone is 2. The van der Waals surface area contributed by atoms with Gasteiger partial charge in [0.1, 0.15) is 0 Å². The van der Waals surface area contributed by atoms with Gasteiger partial charge in [-0.2, -0.15) is 8.42 Å². The van der Waals surface area contributed by atoms with Gasteiger partial charge in [0, 0.05) is 0 Å². The van der Waals surface area contributed by atoms with Gasteiger partial charge in [-0.1, -0.05) is 36.3 Å². The third-order valence-electron chi connectivity index (χ3n) is 3.22. The monoisotopic (exact) mass is 296 g/mol. The molecule has 1 aromatic rings. The average molecular weight is 296 g/mol. The lowest BCUT2D eigenvalue weighted by molar-refractivity contribution is 0.219. The maximum atomic E-state index is 12.1. The molecule has 20 heavy (non-hydrogen) atoms.